The lowest BCUT2D eigenvalue weighted by molar-refractivity contribution is 0.325. The number of nitriles is 1. The number of benzene rings is 1. The van der Waals surface area contributed by atoms with E-state index in [1.54, 1.807) is 0 Å². The normalized spacial score (nSPS) is 21.5. The summed E-state index contributed by atoms with van der Waals surface area (Å²) in [5, 5.41) is 9.57. The van der Waals surface area contributed by atoms with Gasteiger partial charge in [-0.1, -0.05) is 23.7 Å². The van der Waals surface area contributed by atoms with Crippen molar-refractivity contribution in [2.75, 3.05) is 13.1 Å². The van der Waals surface area contributed by atoms with Gasteiger partial charge in [-0.25, -0.2) is 0 Å². The topological polar surface area (TPSA) is 27.0 Å². The van der Waals surface area contributed by atoms with Crippen LogP contribution < -0.4 is 0 Å². The molecule has 0 N–H and O–H groups in total. The Kier molecular flexibility index (Phi) is 3.25. The molecule has 0 aliphatic carbocycles. The van der Waals surface area contributed by atoms with Crippen LogP contribution >= 0.6 is 11.6 Å². The first-order valence-corrected chi connectivity index (χ1v) is 5.52. The molecule has 78 valence electrons. The molecule has 3 heteroatoms. The molecular weight excluding hydrogens is 208 g/mol. The molecule has 0 aromatic heterocycles. The van der Waals surface area contributed by atoms with Gasteiger partial charge in [-0.05, 0) is 30.7 Å². The number of hydrogen-bond donors (Lipinski definition) is 0. The van der Waals surface area contributed by atoms with Crippen molar-refractivity contribution in [3.8, 4) is 6.07 Å². The van der Waals surface area contributed by atoms with E-state index >= 15 is 0 Å². The molecule has 1 heterocycles. The van der Waals surface area contributed by atoms with Crippen LogP contribution in [0, 0.1) is 17.2 Å². The molecule has 0 amide bonds. The van der Waals surface area contributed by atoms with Crippen molar-refractivity contribution >= 4 is 11.6 Å². The Balaban J connectivity index is 1.93. The van der Waals surface area contributed by atoms with Crippen molar-refractivity contribution in [3.63, 3.8) is 0 Å². The first-order valence-electron chi connectivity index (χ1n) is 5.14. The van der Waals surface area contributed by atoms with E-state index in [1.807, 2.05) is 24.3 Å². The summed E-state index contributed by atoms with van der Waals surface area (Å²) in [7, 11) is 0. The third-order valence-electron chi connectivity index (χ3n) is 2.77. The molecule has 2 rings (SSSR count). The molecule has 0 spiro atoms. The predicted molar refractivity (Wildman–Crippen MR) is 60.4 cm³/mol. The van der Waals surface area contributed by atoms with Gasteiger partial charge in [0.1, 0.15) is 0 Å². The Labute approximate surface area is 95.1 Å². The monoisotopic (exact) mass is 220 g/mol. The largest absolute Gasteiger partial charge is 0.298 e. The summed E-state index contributed by atoms with van der Waals surface area (Å²) in [6.45, 7) is 2.86. The van der Waals surface area contributed by atoms with Gasteiger partial charge in [0.15, 0.2) is 0 Å². The van der Waals surface area contributed by atoms with Crippen molar-refractivity contribution in [2.45, 2.75) is 13.0 Å². The number of hydrogen-bond acceptors (Lipinski definition) is 2. The van der Waals surface area contributed by atoms with Crippen LogP contribution in [0.25, 0.3) is 0 Å². The van der Waals surface area contributed by atoms with Gasteiger partial charge in [-0.15, -0.1) is 0 Å². The Morgan fingerprint density at radius 3 is 2.73 bits per heavy atom. The summed E-state index contributed by atoms with van der Waals surface area (Å²) in [5.41, 5.74) is 1.26. The smallest absolute Gasteiger partial charge is 0.0669 e. The molecule has 1 unspecified atom stereocenters. The molecule has 1 saturated heterocycles. The first kappa shape index (κ1) is 10.5. The lowest BCUT2D eigenvalue weighted by Crippen LogP contribution is -2.19. The minimum atomic E-state index is 0.220. The fraction of sp³-hybridized carbons (Fsp3) is 0.417. The molecule has 1 aliphatic heterocycles. The number of nitrogens with zero attached hydrogens (tertiary/aromatic N) is 2. The minimum Gasteiger partial charge on any atom is -0.298 e. The Hall–Kier alpha value is -1.04. The minimum absolute atomic E-state index is 0.220. The third-order valence-corrected chi connectivity index (χ3v) is 3.03. The zero-order valence-corrected chi connectivity index (χ0v) is 9.24. The second kappa shape index (κ2) is 4.65. The van der Waals surface area contributed by atoms with Gasteiger partial charge < -0.3 is 0 Å². The Morgan fingerprint density at radius 1 is 1.40 bits per heavy atom. The van der Waals surface area contributed by atoms with E-state index in [1.165, 1.54) is 5.56 Å². The van der Waals surface area contributed by atoms with Crippen LogP contribution in [0.15, 0.2) is 24.3 Å². The van der Waals surface area contributed by atoms with E-state index in [4.69, 9.17) is 16.9 Å². The summed E-state index contributed by atoms with van der Waals surface area (Å²) in [6, 6.07) is 10.2. The maximum absolute atomic E-state index is 8.79. The van der Waals surface area contributed by atoms with Gasteiger partial charge in [0.25, 0.3) is 0 Å². The zero-order chi connectivity index (χ0) is 10.7. The van der Waals surface area contributed by atoms with Crippen molar-refractivity contribution in [1.29, 1.82) is 5.26 Å². The lowest BCUT2D eigenvalue weighted by atomic mass is 10.1. The maximum Gasteiger partial charge on any atom is 0.0669 e. The number of rotatable bonds is 2. The second-order valence-electron chi connectivity index (χ2n) is 3.98. The quantitative estimate of drug-likeness (QED) is 0.766. The summed E-state index contributed by atoms with van der Waals surface area (Å²) < 4.78 is 0. The van der Waals surface area contributed by atoms with Crippen molar-refractivity contribution in [2.24, 2.45) is 5.92 Å². The van der Waals surface area contributed by atoms with Gasteiger partial charge in [-0.2, -0.15) is 5.26 Å². The highest BCUT2D eigenvalue weighted by molar-refractivity contribution is 6.30. The first-order chi connectivity index (χ1) is 7.28. The van der Waals surface area contributed by atoms with Crippen LogP contribution in [0.5, 0.6) is 0 Å². The van der Waals surface area contributed by atoms with Crippen LogP contribution in [0.3, 0.4) is 0 Å². The zero-order valence-electron chi connectivity index (χ0n) is 8.49. The van der Waals surface area contributed by atoms with Crippen LogP contribution in [-0.2, 0) is 6.54 Å². The molecule has 1 aromatic carbocycles. The maximum atomic E-state index is 8.79. The summed E-state index contributed by atoms with van der Waals surface area (Å²) in [4.78, 5) is 2.32. The standard InChI is InChI=1S/C12H13ClN2/c13-12-3-1-10(2-4-12)8-15-6-5-11(7-14)9-15/h1-4,11H,5-6,8-9H2. The molecule has 0 radical (unpaired) electrons. The van der Waals surface area contributed by atoms with Crippen LogP contribution in [-0.4, -0.2) is 18.0 Å². The molecule has 1 fully saturated rings. The fourth-order valence-electron chi connectivity index (χ4n) is 1.93. The van der Waals surface area contributed by atoms with E-state index in [0.717, 1.165) is 31.1 Å². The Morgan fingerprint density at radius 2 is 2.13 bits per heavy atom. The van der Waals surface area contributed by atoms with Gasteiger partial charge in [0, 0.05) is 18.1 Å². The third kappa shape index (κ3) is 2.71. The van der Waals surface area contributed by atoms with Gasteiger partial charge in [0.05, 0.1) is 12.0 Å². The second-order valence-corrected chi connectivity index (χ2v) is 4.41. The lowest BCUT2D eigenvalue weighted by Gasteiger charge is -2.14. The average Bonchev–Trinajstić information content (AvgIpc) is 2.69. The van der Waals surface area contributed by atoms with E-state index in [2.05, 4.69) is 11.0 Å². The van der Waals surface area contributed by atoms with Crippen LogP contribution in [0.4, 0.5) is 0 Å². The highest BCUT2D eigenvalue weighted by Crippen LogP contribution is 2.18. The highest BCUT2D eigenvalue weighted by Gasteiger charge is 2.21. The molecule has 1 aliphatic rings. The van der Waals surface area contributed by atoms with E-state index in [9.17, 15) is 0 Å². The van der Waals surface area contributed by atoms with Crippen molar-refractivity contribution < 1.29 is 0 Å². The SMILES string of the molecule is N#CC1CCN(Cc2ccc(Cl)cc2)C1. The predicted octanol–water partition coefficient (Wildman–Crippen LogP) is 2.69. The van der Waals surface area contributed by atoms with Crippen molar-refractivity contribution in [3.05, 3.63) is 34.9 Å². The van der Waals surface area contributed by atoms with E-state index < -0.39 is 0 Å². The molecule has 1 atom stereocenters. The highest BCUT2D eigenvalue weighted by atomic mass is 35.5. The average molecular weight is 221 g/mol. The molecule has 0 bridgehead atoms. The fourth-order valence-corrected chi connectivity index (χ4v) is 2.06. The number of halogens is 1. The molecule has 0 saturated carbocycles. The summed E-state index contributed by atoms with van der Waals surface area (Å²) >= 11 is 5.82. The van der Waals surface area contributed by atoms with E-state index in [-0.39, 0.29) is 5.92 Å². The van der Waals surface area contributed by atoms with Crippen LogP contribution in [0.2, 0.25) is 5.02 Å². The molecule has 15 heavy (non-hydrogen) atoms. The van der Waals surface area contributed by atoms with Crippen molar-refractivity contribution in [1.82, 2.24) is 4.90 Å². The molecule has 2 nitrogen and oxygen atoms in total. The summed E-state index contributed by atoms with van der Waals surface area (Å²) in [5.74, 6) is 0.220. The van der Waals surface area contributed by atoms with Gasteiger partial charge >= 0.3 is 0 Å². The van der Waals surface area contributed by atoms with E-state index in [0.29, 0.717) is 0 Å². The van der Waals surface area contributed by atoms with Crippen LogP contribution in [0.1, 0.15) is 12.0 Å². The van der Waals surface area contributed by atoms with Gasteiger partial charge in [-0.3, -0.25) is 4.90 Å². The summed E-state index contributed by atoms with van der Waals surface area (Å²) in [6.07, 6.45) is 1.00. The molecule has 1 aromatic rings. The Bertz CT molecular complexity index is 366. The molecular formula is C12H13ClN2. The van der Waals surface area contributed by atoms with Gasteiger partial charge in [0.2, 0.25) is 0 Å². The number of likely N-dealkylation sites (tertiary alicyclic amines) is 1.